The molecule has 0 aliphatic carbocycles. The van der Waals surface area contributed by atoms with Gasteiger partial charge in [-0.15, -0.1) is 0 Å². The van der Waals surface area contributed by atoms with Gasteiger partial charge >= 0.3 is 0 Å². The summed E-state index contributed by atoms with van der Waals surface area (Å²) >= 11 is 0. The molecule has 0 saturated carbocycles. The first-order chi connectivity index (χ1) is 8.99. The maximum absolute atomic E-state index is 12.0. The second-order valence-electron chi connectivity index (χ2n) is 4.94. The van der Waals surface area contributed by atoms with E-state index in [0.29, 0.717) is 13.2 Å². The van der Waals surface area contributed by atoms with Gasteiger partial charge in [-0.05, 0) is 37.1 Å². The Balaban J connectivity index is 2.26. The molecule has 5 nitrogen and oxygen atoms in total. The summed E-state index contributed by atoms with van der Waals surface area (Å²) in [4.78, 5) is 12.0. The largest absolute Gasteiger partial charge is 0.486 e. The van der Waals surface area contributed by atoms with Crippen molar-refractivity contribution in [3.05, 3.63) is 23.3 Å². The number of benzene rings is 1. The number of ether oxygens (including phenoxy) is 2. The molecule has 1 aliphatic heterocycles. The van der Waals surface area contributed by atoms with Crippen molar-refractivity contribution in [3.8, 4) is 11.5 Å². The van der Waals surface area contributed by atoms with Crippen LogP contribution < -0.4 is 14.9 Å². The molecule has 1 N–H and O–H groups in total. The lowest BCUT2D eigenvalue weighted by molar-refractivity contribution is -0.126. The zero-order valence-electron chi connectivity index (χ0n) is 11.8. The molecule has 0 spiro atoms. The molecule has 19 heavy (non-hydrogen) atoms. The van der Waals surface area contributed by atoms with E-state index in [-0.39, 0.29) is 11.8 Å². The van der Waals surface area contributed by atoms with Crippen LogP contribution in [0.25, 0.3) is 0 Å². The zero-order chi connectivity index (χ0) is 14.0. The van der Waals surface area contributed by atoms with E-state index < -0.39 is 0 Å². The van der Waals surface area contributed by atoms with Crippen molar-refractivity contribution in [1.29, 1.82) is 0 Å². The number of rotatable bonds is 3. The van der Waals surface area contributed by atoms with Gasteiger partial charge < -0.3 is 9.47 Å². The molecule has 0 fully saturated rings. The molecule has 104 valence electrons. The smallest absolute Gasteiger partial charge is 0.241 e. The van der Waals surface area contributed by atoms with E-state index in [1.54, 1.807) is 19.1 Å². The van der Waals surface area contributed by atoms with E-state index in [1.165, 1.54) is 0 Å². The average Bonchev–Trinajstić information content (AvgIpc) is 2.36. The molecule has 0 aromatic heterocycles. The minimum Gasteiger partial charge on any atom is -0.486 e. The molecule has 5 heteroatoms. The molecular weight excluding hydrogens is 244 g/mol. The number of nitrogens with one attached hydrogen (secondary N) is 1. The third kappa shape index (κ3) is 2.98. The van der Waals surface area contributed by atoms with Crippen LogP contribution in [0.3, 0.4) is 0 Å². The number of hydrogen-bond donors (Lipinski definition) is 1. The molecule has 1 heterocycles. The Hall–Kier alpha value is -1.75. The highest BCUT2D eigenvalue weighted by Crippen LogP contribution is 2.35. The number of nitrogens with zero attached hydrogens (tertiary/aromatic N) is 1. The number of carbonyl (C=O) groups is 1. The monoisotopic (exact) mass is 264 g/mol. The number of fused-ring (bicyclic) bond motifs is 1. The number of aryl methyl sites for hydroxylation is 1. The summed E-state index contributed by atoms with van der Waals surface area (Å²) in [5.74, 6) is 1.20. The zero-order valence-corrected chi connectivity index (χ0v) is 11.8. The standard InChI is InChI=1S/C14H20N2O3/c1-9-7-12-13(19-6-5-18-12)8-11(9)10(2)14(17)15-16(3)4/h7-8,10H,5-6H2,1-4H3,(H,15,17). The van der Waals surface area contributed by atoms with Gasteiger partial charge in [0, 0.05) is 14.1 Å². The van der Waals surface area contributed by atoms with Gasteiger partial charge in [-0.2, -0.15) is 0 Å². The van der Waals surface area contributed by atoms with Crippen LogP contribution in [-0.2, 0) is 4.79 Å². The molecule has 0 bridgehead atoms. The Morgan fingerprint density at radius 3 is 2.42 bits per heavy atom. The van der Waals surface area contributed by atoms with Crippen LogP contribution in [0.15, 0.2) is 12.1 Å². The van der Waals surface area contributed by atoms with E-state index in [9.17, 15) is 4.79 Å². The first kappa shape index (κ1) is 13.7. The fraction of sp³-hybridized carbons (Fsp3) is 0.500. The predicted octanol–water partition coefficient (Wildman–Crippen LogP) is 1.46. The normalized spacial score (nSPS) is 15.2. The number of carbonyl (C=O) groups excluding carboxylic acids is 1. The summed E-state index contributed by atoms with van der Waals surface area (Å²) in [6.45, 7) is 4.99. The predicted molar refractivity (Wildman–Crippen MR) is 72.4 cm³/mol. The van der Waals surface area contributed by atoms with Crippen LogP contribution in [0.1, 0.15) is 24.0 Å². The fourth-order valence-electron chi connectivity index (χ4n) is 2.13. The van der Waals surface area contributed by atoms with Gasteiger partial charge in [-0.3, -0.25) is 10.2 Å². The second-order valence-corrected chi connectivity index (χ2v) is 4.94. The van der Waals surface area contributed by atoms with Crippen LogP contribution in [0.2, 0.25) is 0 Å². The second kappa shape index (κ2) is 5.48. The van der Waals surface area contributed by atoms with Crippen molar-refractivity contribution in [2.24, 2.45) is 0 Å². The maximum atomic E-state index is 12.0. The Morgan fingerprint density at radius 2 is 1.84 bits per heavy atom. The van der Waals surface area contributed by atoms with Gasteiger partial charge in [0.2, 0.25) is 5.91 Å². The number of hydrazine groups is 1. The topological polar surface area (TPSA) is 50.8 Å². The minimum atomic E-state index is -0.238. The summed E-state index contributed by atoms with van der Waals surface area (Å²) < 4.78 is 11.1. The van der Waals surface area contributed by atoms with Gasteiger partial charge in [0.15, 0.2) is 11.5 Å². The minimum absolute atomic E-state index is 0.0372. The van der Waals surface area contributed by atoms with E-state index in [2.05, 4.69) is 5.43 Å². The lowest BCUT2D eigenvalue weighted by Crippen LogP contribution is -2.38. The third-order valence-electron chi connectivity index (χ3n) is 3.12. The van der Waals surface area contributed by atoms with E-state index >= 15 is 0 Å². The maximum Gasteiger partial charge on any atom is 0.241 e. The van der Waals surface area contributed by atoms with E-state index in [0.717, 1.165) is 22.6 Å². The van der Waals surface area contributed by atoms with Crippen LogP contribution >= 0.6 is 0 Å². The van der Waals surface area contributed by atoms with E-state index in [4.69, 9.17) is 9.47 Å². The van der Waals surface area contributed by atoms with Gasteiger partial charge in [-0.25, -0.2) is 5.01 Å². The van der Waals surface area contributed by atoms with Crippen molar-refractivity contribution in [2.45, 2.75) is 19.8 Å². The van der Waals surface area contributed by atoms with E-state index in [1.807, 2.05) is 26.0 Å². The highest BCUT2D eigenvalue weighted by atomic mass is 16.6. The highest BCUT2D eigenvalue weighted by molar-refractivity contribution is 5.83. The number of hydrogen-bond acceptors (Lipinski definition) is 4. The van der Waals surface area contributed by atoms with Crippen molar-refractivity contribution >= 4 is 5.91 Å². The summed E-state index contributed by atoms with van der Waals surface area (Å²) in [5, 5.41) is 1.65. The molecular formula is C14H20N2O3. The van der Waals surface area contributed by atoms with Crippen LogP contribution in [0, 0.1) is 6.92 Å². The molecule has 0 saturated heterocycles. The van der Waals surface area contributed by atoms with Crippen molar-refractivity contribution < 1.29 is 14.3 Å². The molecule has 1 aromatic rings. The molecule has 1 aliphatic rings. The fourth-order valence-corrected chi connectivity index (χ4v) is 2.13. The SMILES string of the molecule is Cc1cc2c(cc1C(C)C(=O)NN(C)C)OCCO2. The summed E-state index contributed by atoms with van der Waals surface area (Å²) in [6.07, 6.45) is 0. The molecule has 1 amide bonds. The van der Waals surface area contributed by atoms with Crippen LogP contribution in [0.5, 0.6) is 11.5 Å². The van der Waals surface area contributed by atoms with Crippen molar-refractivity contribution in [1.82, 2.24) is 10.4 Å². The van der Waals surface area contributed by atoms with Gasteiger partial charge in [-0.1, -0.05) is 0 Å². The molecule has 1 unspecified atom stereocenters. The Labute approximate surface area is 113 Å². The van der Waals surface area contributed by atoms with Crippen LogP contribution in [0.4, 0.5) is 0 Å². The first-order valence-electron chi connectivity index (χ1n) is 6.37. The molecule has 1 aromatic carbocycles. The van der Waals surface area contributed by atoms with Gasteiger partial charge in [0.25, 0.3) is 0 Å². The third-order valence-corrected chi connectivity index (χ3v) is 3.12. The van der Waals surface area contributed by atoms with Gasteiger partial charge in [0.1, 0.15) is 13.2 Å². The summed E-state index contributed by atoms with van der Waals surface area (Å²) in [7, 11) is 3.59. The number of amides is 1. The quantitative estimate of drug-likeness (QED) is 0.840. The van der Waals surface area contributed by atoms with Crippen LogP contribution in [-0.4, -0.2) is 38.2 Å². The average molecular weight is 264 g/mol. The lowest BCUT2D eigenvalue weighted by Gasteiger charge is -2.23. The molecule has 2 rings (SSSR count). The Kier molecular flexibility index (Phi) is 3.95. The lowest BCUT2D eigenvalue weighted by atomic mass is 9.95. The summed E-state index contributed by atoms with van der Waals surface area (Å²) in [5.41, 5.74) is 4.77. The summed E-state index contributed by atoms with van der Waals surface area (Å²) in [6, 6.07) is 3.84. The molecule has 0 radical (unpaired) electrons. The first-order valence-corrected chi connectivity index (χ1v) is 6.37. The van der Waals surface area contributed by atoms with Gasteiger partial charge in [0.05, 0.1) is 5.92 Å². The Bertz CT molecular complexity index is 486. The van der Waals surface area contributed by atoms with Crippen molar-refractivity contribution in [2.75, 3.05) is 27.3 Å². The highest BCUT2D eigenvalue weighted by Gasteiger charge is 2.21. The van der Waals surface area contributed by atoms with Crippen molar-refractivity contribution in [3.63, 3.8) is 0 Å². The molecule has 1 atom stereocenters. The Morgan fingerprint density at radius 1 is 1.26 bits per heavy atom.